The van der Waals surface area contributed by atoms with Crippen LogP contribution in [-0.4, -0.2) is 38.6 Å². The van der Waals surface area contributed by atoms with Crippen molar-refractivity contribution in [1.29, 1.82) is 0 Å². The molecule has 0 radical (unpaired) electrons. The van der Waals surface area contributed by atoms with E-state index in [-0.39, 0.29) is 5.91 Å². The number of piperidine rings is 1. The fraction of sp³-hybridized carbons (Fsp3) is 0.588. The van der Waals surface area contributed by atoms with Gasteiger partial charge in [0.05, 0.1) is 13.1 Å². The molecule has 0 bridgehead atoms. The number of anilines is 2. The van der Waals surface area contributed by atoms with E-state index in [1.165, 1.54) is 42.7 Å². The maximum atomic E-state index is 12.1. The van der Waals surface area contributed by atoms with Crippen LogP contribution >= 0.6 is 0 Å². The van der Waals surface area contributed by atoms with Crippen molar-refractivity contribution in [2.24, 2.45) is 0 Å². The second-order valence-corrected chi connectivity index (χ2v) is 6.28. The molecule has 1 aromatic carbocycles. The number of amides is 1. The monoisotopic (exact) mass is 288 g/mol. The van der Waals surface area contributed by atoms with Crippen molar-refractivity contribution < 1.29 is 9.69 Å². The van der Waals surface area contributed by atoms with Crippen LogP contribution in [0.5, 0.6) is 0 Å². The Kier molecular flexibility index (Phi) is 4.76. The lowest BCUT2D eigenvalue weighted by Crippen LogP contribution is -3.13. The summed E-state index contributed by atoms with van der Waals surface area (Å²) in [6.45, 7) is 5.20. The minimum absolute atomic E-state index is 0.140. The summed E-state index contributed by atoms with van der Waals surface area (Å²) >= 11 is 0. The Balaban J connectivity index is 1.50. The minimum atomic E-state index is 0.140. The van der Waals surface area contributed by atoms with Gasteiger partial charge in [-0.2, -0.15) is 0 Å². The average molecular weight is 288 g/mol. The number of likely N-dealkylation sites (tertiary alicyclic amines) is 1. The Bertz CT molecular complexity index is 459. The Morgan fingerprint density at radius 2 is 1.67 bits per heavy atom. The second-order valence-electron chi connectivity index (χ2n) is 6.28. The maximum absolute atomic E-state index is 12.1. The lowest BCUT2D eigenvalue weighted by Gasteiger charge is -2.23. The molecule has 0 spiro atoms. The van der Waals surface area contributed by atoms with E-state index in [1.807, 2.05) is 12.1 Å². The number of carbonyl (C=O) groups is 1. The topological polar surface area (TPSA) is 36.8 Å². The lowest BCUT2D eigenvalue weighted by molar-refractivity contribution is -0.896. The maximum Gasteiger partial charge on any atom is 0.279 e. The molecule has 21 heavy (non-hydrogen) atoms. The zero-order valence-electron chi connectivity index (χ0n) is 12.7. The molecule has 1 amide bonds. The highest BCUT2D eigenvalue weighted by Crippen LogP contribution is 2.21. The standard InChI is InChI=1S/C17H25N3O/c21-17(14-19-10-2-1-3-11-19)18-15-6-8-16(9-7-15)20-12-4-5-13-20/h6-9H,1-5,10-14H2,(H,18,21)/p+1. The number of benzene rings is 1. The molecule has 4 heteroatoms. The quantitative estimate of drug-likeness (QED) is 0.876. The molecule has 0 unspecified atom stereocenters. The summed E-state index contributed by atoms with van der Waals surface area (Å²) < 4.78 is 0. The van der Waals surface area contributed by atoms with E-state index in [1.54, 1.807) is 0 Å². The number of quaternary nitrogens is 1. The molecule has 114 valence electrons. The van der Waals surface area contributed by atoms with Crippen molar-refractivity contribution in [3.63, 3.8) is 0 Å². The van der Waals surface area contributed by atoms with Crippen LogP contribution in [0.1, 0.15) is 32.1 Å². The molecule has 0 aliphatic carbocycles. The summed E-state index contributed by atoms with van der Waals surface area (Å²) in [6.07, 6.45) is 6.41. The van der Waals surface area contributed by atoms with Gasteiger partial charge < -0.3 is 15.1 Å². The van der Waals surface area contributed by atoms with Gasteiger partial charge in [0.15, 0.2) is 6.54 Å². The molecule has 2 heterocycles. The summed E-state index contributed by atoms with van der Waals surface area (Å²) in [5.74, 6) is 0.140. The first-order valence-electron chi connectivity index (χ1n) is 8.30. The van der Waals surface area contributed by atoms with Crippen LogP contribution in [0.15, 0.2) is 24.3 Å². The Morgan fingerprint density at radius 3 is 2.33 bits per heavy atom. The molecule has 2 aliphatic rings. The Labute approximate surface area is 127 Å². The van der Waals surface area contributed by atoms with Crippen molar-refractivity contribution in [2.75, 3.05) is 42.9 Å². The zero-order chi connectivity index (χ0) is 14.5. The van der Waals surface area contributed by atoms with Gasteiger partial charge >= 0.3 is 0 Å². The molecular formula is C17H26N3O+. The summed E-state index contributed by atoms with van der Waals surface area (Å²) in [4.78, 5) is 15.9. The van der Waals surface area contributed by atoms with E-state index in [2.05, 4.69) is 22.3 Å². The number of hydrogen-bond acceptors (Lipinski definition) is 2. The van der Waals surface area contributed by atoms with Crippen LogP contribution in [0.3, 0.4) is 0 Å². The molecule has 3 rings (SSSR count). The molecule has 4 nitrogen and oxygen atoms in total. The van der Waals surface area contributed by atoms with Gasteiger partial charge in [-0.25, -0.2) is 0 Å². The number of rotatable bonds is 4. The van der Waals surface area contributed by atoms with Crippen LogP contribution < -0.4 is 15.1 Å². The lowest BCUT2D eigenvalue weighted by atomic mass is 10.1. The molecule has 2 saturated heterocycles. The summed E-state index contributed by atoms with van der Waals surface area (Å²) in [7, 11) is 0. The third kappa shape index (κ3) is 3.97. The van der Waals surface area contributed by atoms with E-state index in [0.717, 1.165) is 31.9 Å². The van der Waals surface area contributed by atoms with Crippen LogP contribution in [0.25, 0.3) is 0 Å². The van der Waals surface area contributed by atoms with Crippen LogP contribution in [-0.2, 0) is 4.79 Å². The van der Waals surface area contributed by atoms with Crippen LogP contribution in [0.4, 0.5) is 11.4 Å². The first-order chi connectivity index (χ1) is 10.3. The highest BCUT2D eigenvalue weighted by molar-refractivity contribution is 5.91. The molecular weight excluding hydrogens is 262 g/mol. The van der Waals surface area contributed by atoms with Gasteiger partial charge in [0.1, 0.15) is 0 Å². The normalized spacial score (nSPS) is 19.7. The number of nitrogens with zero attached hydrogens (tertiary/aromatic N) is 1. The molecule has 0 saturated carbocycles. The van der Waals surface area contributed by atoms with E-state index < -0.39 is 0 Å². The van der Waals surface area contributed by atoms with E-state index >= 15 is 0 Å². The van der Waals surface area contributed by atoms with Gasteiger partial charge in [-0.15, -0.1) is 0 Å². The fourth-order valence-corrected chi connectivity index (χ4v) is 3.39. The summed E-state index contributed by atoms with van der Waals surface area (Å²) in [5, 5.41) is 3.03. The predicted molar refractivity (Wildman–Crippen MR) is 85.9 cm³/mol. The Morgan fingerprint density at radius 1 is 1.00 bits per heavy atom. The summed E-state index contributed by atoms with van der Waals surface area (Å²) in [5.41, 5.74) is 2.19. The highest BCUT2D eigenvalue weighted by atomic mass is 16.2. The van der Waals surface area contributed by atoms with Crippen molar-refractivity contribution in [2.45, 2.75) is 32.1 Å². The fourth-order valence-electron chi connectivity index (χ4n) is 3.39. The van der Waals surface area contributed by atoms with Crippen LogP contribution in [0, 0.1) is 0 Å². The van der Waals surface area contributed by atoms with Gasteiger partial charge in [0, 0.05) is 24.5 Å². The van der Waals surface area contributed by atoms with Gasteiger partial charge in [-0.05, 0) is 56.4 Å². The van der Waals surface area contributed by atoms with E-state index in [9.17, 15) is 4.79 Å². The van der Waals surface area contributed by atoms with Gasteiger partial charge in [0.2, 0.25) is 0 Å². The smallest absolute Gasteiger partial charge is 0.279 e. The SMILES string of the molecule is O=C(C[NH+]1CCCCC1)Nc1ccc(N2CCCC2)cc1. The van der Waals surface area contributed by atoms with E-state index in [0.29, 0.717) is 6.54 Å². The van der Waals surface area contributed by atoms with Crippen molar-refractivity contribution in [3.05, 3.63) is 24.3 Å². The first kappa shape index (κ1) is 14.4. The molecule has 2 aliphatic heterocycles. The average Bonchev–Trinajstić information content (AvgIpc) is 3.03. The molecule has 0 atom stereocenters. The predicted octanol–water partition coefficient (Wildman–Crippen LogP) is 1.29. The number of hydrogen-bond donors (Lipinski definition) is 2. The summed E-state index contributed by atoms with van der Waals surface area (Å²) in [6, 6.07) is 8.29. The number of nitrogens with one attached hydrogen (secondary N) is 2. The first-order valence-corrected chi connectivity index (χ1v) is 8.30. The van der Waals surface area contributed by atoms with Gasteiger partial charge in [-0.3, -0.25) is 4.79 Å². The highest BCUT2D eigenvalue weighted by Gasteiger charge is 2.17. The van der Waals surface area contributed by atoms with Crippen molar-refractivity contribution in [3.8, 4) is 0 Å². The van der Waals surface area contributed by atoms with E-state index in [4.69, 9.17) is 0 Å². The third-order valence-corrected chi connectivity index (χ3v) is 4.59. The molecule has 2 fully saturated rings. The van der Waals surface area contributed by atoms with Crippen LogP contribution in [0.2, 0.25) is 0 Å². The Hall–Kier alpha value is -1.55. The third-order valence-electron chi connectivity index (χ3n) is 4.59. The van der Waals surface area contributed by atoms with Gasteiger partial charge in [-0.1, -0.05) is 0 Å². The largest absolute Gasteiger partial charge is 0.372 e. The van der Waals surface area contributed by atoms with Gasteiger partial charge in [0.25, 0.3) is 5.91 Å². The molecule has 0 aromatic heterocycles. The second kappa shape index (κ2) is 6.94. The molecule has 2 N–H and O–H groups in total. The molecule has 1 aromatic rings. The minimum Gasteiger partial charge on any atom is -0.372 e. The van der Waals surface area contributed by atoms with Crippen molar-refractivity contribution in [1.82, 2.24) is 0 Å². The zero-order valence-corrected chi connectivity index (χ0v) is 12.7. The van der Waals surface area contributed by atoms with Crippen molar-refractivity contribution >= 4 is 17.3 Å². The number of carbonyl (C=O) groups excluding carboxylic acids is 1.